The number of carbonyl (C=O) groups is 1. The summed E-state index contributed by atoms with van der Waals surface area (Å²) in [5, 5.41) is 6.00. The lowest BCUT2D eigenvalue weighted by Gasteiger charge is -2.24. The number of nitrogens with one attached hydrogen (secondary N) is 2. The Kier molecular flexibility index (Phi) is 5.46. The molecule has 1 atom stereocenters. The Morgan fingerprint density at radius 2 is 2.14 bits per heavy atom. The van der Waals surface area contributed by atoms with Crippen LogP contribution in [0.25, 0.3) is 0 Å². The molecule has 0 saturated heterocycles. The van der Waals surface area contributed by atoms with Crippen LogP contribution in [-0.4, -0.2) is 24.0 Å². The van der Waals surface area contributed by atoms with Crippen LogP contribution in [0, 0.1) is 0 Å². The first-order valence-electron chi connectivity index (χ1n) is 5.08. The van der Waals surface area contributed by atoms with Gasteiger partial charge in [-0.05, 0) is 27.2 Å². The average Bonchev–Trinajstić information content (AvgIpc) is 2.13. The van der Waals surface area contributed by atoms with Gasteiger partial charge in [-0.15, -0.1) is 6.58 Å². The van der Waals surface area contributed by atoms with Crippen molar-refractivity contribution in [1.82, 2.24) is 10.6 Å². The maximum atomic E-state index is 11.4. The van der Waals surface area contributed by atoms with Crippen LogP contribution in [0.1, 0.15) is 34.1 Å². The zero-order chi connectivity index (χ0) is 11.2. The van der Waals surface area contributed by atoms with E-state index in [2.05, 4.69) is 24.1 Å². The maximum absolute atomic E-state index is 11.4. The molecule has 0 aliphatic rings. The van der Waals surface area contributed by atoms with E-state index in [1.165, 1.54) is 0 Å². The number of hydrogen-bond donors (Lipinski definition) is 2. The second-order valence-electron chi connectivity index (χ2n) is 4.19. The Balaban J connectivity index is 3.82. The molecule has 0 saturated carbocycles. The monoisotopic (exact) mass is 198 g/mol. The topological polar surface area (TPSA) is 41.1 Å². The fourth-order valence-corrected chi connectivity index (χ4v) is 0.847. The second kappa shape index (κ2) is 5.81. The Morgan fingerprint density at radius 1 is 1.57 bits per heavy atom. The SMILES string of the molecule is C=CC(C)NCC(=O)NC(C)(C)CC. The van der Waals surface area contributed by atoms with E-state index in [4.69, 9.17) is 0 Å². The van der Waals surface area contributed by atoms with Crippen molar-refractivity contribution in [2.75, 3.05) is 6.54 Å². The molecule has 0 heterocycles. The summed E-state index contributed by atoms with van der Waals surface area (Å²) in [4.78, 5) is 11.4. The van der Waals surface area contributed by atoms with Gasteiger partial charge in [0.25, 0.3) is 0 Å². The van der Waals surface area contributed by atoms with E-state index < -0.39 is 0 Å². The van der Waals surface area contributed by atoms with Gasteiger partial charge in [-0.1, -0.05) is 13.0 Å². The highest BCUT2D eigenvalue weighted by molar-refractivity contribution is 5.78. The van der Waals surface area contributed by atoms with Gasteiger partial charge in [0.1, 0.15) is 0 Å². The third kappa shape index (κ3) is 5.75. The molecule has 14 heavy (non-hydrogen) atoms. The van der Waals surface area contributed by atoms with E-state index in [0.29, 0.717) is 6.54 Å². The van der Waals surface area contributed by atoms with Gasteiger partial charge in [-0.2, -0.15) is 0 Å². The maximum Gasteiger partial charge on any atom is 0.234 e. The van der Waals surface area contributed by atoms with Crippen LogP contribution in [0.3, 0.4) is 0 Å². The van der Waals surface area contributed by atoms with Crippen molar-refractivity contribution in [3.63, 3.8) is 0 Å². The van der Waals surface area contributed by atoms with Crippen LogP contribution in [-0.2, 0) is 4.79 Å². The molecule has 0 aromatic rings. The minimum atomic E-state index is -0.115. The van der Waals surface area contributed by atoms with Gasteiger partial charge >= 0.3 is 0 Å². The fourth-order valence-electron chi connectivity index (χ4n) is 0.847. The lowest BCUT2D eigenvalue weighted by Crippen LogP contribution is -2.47. The Morgan fingerprint density at radius 3 is 2.57 bits per heavy atom. The molecule has 3 nitrogen and oxygen atoms in total. The summed E-state index contributed by atoms with van der Waals surface area (Å²) in [6.07, 6.45) is 2.70. The van der Waals surface area contributed by atoms with Gasteiger partial charge in [-0.25, -0.2) is 0 Å². The molecule has 0 radical (unpaired) electrons. The summed E-state index contributed by atoms with van der Waals surface area (Å²) < 4.78 is 0. The average molecular weight is 198 g/mol. The van der Waals surface area contributed by atoms with Crippen molar-refractivity contribution >= 4 is 5.91 Å². The second-order valence-corrected chi connectivity index (χ2v) is 4.19. The van der Waals surface area contributed by atoms with Crippen molar-refractivity contribution in [3.05, 3.63) is 12.7 Å². The molecule has 3 heteroatoms. The predicted molar refractivity (Wildman–Crippen MR) is 60.2 cm³/mol. The van der Waals surface area contributed by atoms with E-state index in [0.717, 1.165) is 6.42 Å². The molecule has 0 aliphatic carbocycles. The molecule has 0 spiro atoms. The first-order chi connectivity index (χ1) is 6.41. The van der Waals surface area contributed by atoms with Crippen LogP contribution in [0.2, 0.25) is 0 Å². The van der Waals surface area contributed by atoms with E-state index in [1.807, 2.05) is 20.8 Å². The normalized spacial score (nSPS) is 13.4. The first-order valence-corrected chi connectivity index (χ1v) is 5.08. The number of carbonyl (C=O) groups excluding carboxylic acids is 1. The van der Waals surface area contributed by atoms with Gasteiger partial charge in [0, 0.05) is 11.6 Å². The Bertz CT molecular complexity index is 199. The highest BCUT2D eigenvalue weighted by Gasteiger charge is 2.17. The molecule has 2 N–H and O–H groups in total. The first kappa shape index (κ1) is 13.2. The van der Waals surface area contributed by atoms with Gasteiger partial charge in [0.2, 0.25) is 5.91 Å². The molecule has 0 rings (SSSR count). The molecule has 1 unspecified atom stereocenters. The van der Waals surface area contributed by atoms with Gasteiger partial charge in [0.05, 0.1) is 6.54 Å². The molecule has 0 aromatic carbocycles. The van der Waals surface area contributed by atoms with Crippen molar-refractivity contribution in [1.29, 1.82) is 0 Å². The zero-order valence-corrected chi connectivity index (χ0v) is 9.68. The molecule has 1 amide bonds. The lowest BCUT2D eigenvalue weighted by atomic mass is 10.0. The summed E-state index contributed by atoms with van der Waals surface area (Å²) >= 11 is 0. The molecular weight excluding hydrogens is 176 g/mol. The van der Waals surface area contributed by atoms with Crippen LogP contribution in [0.15, 0.2) is 12.7 Å². The molecule has 0 fully saturated rings. The summed E-state index contributed by atoms with van der Waals surface area (Å²) in [6.45, 7) is 12.0. The molecule has 82 valence electrons. The minimum absolute atomic E-state index is 0.0329. The third-order valence-electron chi connectivity index (χ3n) is 2.30. The lowest BCUT2D eigenvalue weighted by molar-refractivity contribution is -0.121. The third-order valence-corrected chi connectivity index (χ3v) is 2.30. The molecular formula is C11H22N2O. The summed E-state index contributed by atoms with van der Waals surface area (Å²) in [5.74, 6) is 0.0329. The van der Waals surface area contributed by atoms with E-state index in [9.17, 15) is 4.79 Å². The van der Waals surface area contributed by atoms with Crippen molar-refractivity contribution in [2.24, 2.45) is 0 Å². The van der Waals surface area contributed by atoms with Gasteiger partial charge < -0.3 is 10.6 Å². The van der Waals surface area contributed by atoms with Crippen molar-refractivity contribution in [3.8, 4) is 0 Å². The van der Waals surface area contributed by atoms with E-state index in [1.54, 1.807) is 6.08 Å². The number of amides is 1. The van der Waals surface area contributed by atoms with Crippen LogP contribution >= 0.6 is 0 Å². The smallest absolute Gasteiger partial charge is 0.234 e. The zero-order valence-electron chi connectivity index (χ0n) is 9.68. The van der Waals surface area contributed by atoms with Crippen molar-refractivity contribution < 1.29 is 4.79 Å². The van der Waals surface area contributed by atoms with Crippen LogP contribution in [0.5, 0.6) is 0 Å². The van der Waals surface area contributed by atoms with E-state index in [-0.39, 0.29) is 17.5 Å². The molecule has 0 bridgehead atoms. The van der Waals surface area contributed by atoms with Gasteiger partial charge in [-0.3, -0.25) is 4.79 Å². The number of hydrogen-bond acceptors (Lipinski definition) is 2. The molecule has 0 aliphatic heterocycles. The van der Waals surface area contributed by atoms with Crippen molar-refractivity contribution in [2.45, 2.75) is 45.7 Å². The predicted octanol–water partition coefficient (Wildman–Crippen LogP) is 1.46. The largest absolute Gasteiger partial charge is 0.350 e. The summed E-state index contributed by atoms with van der Waals surface area (Å²) in [5.41, 5.74) is -0.115. The molecule has 0 aromatic heterocycles. The van der Waals surface area contributed by atoms with Crippen LogP contribution in [0.4, 0.5) is 0 Å². The van der Waals surface area contributed by atoms with Gasteiger partial charge in [0.15, 0.2) is 0 Å². The fraction of sp³-hybridized carbons (Fsp3) is 0.727. The summed E-state index contributed by atoms with van der Waals surface area (Å²) in [7, 11) is 0. The summed E-state index contributed by atoms with van der Waals surface area (Å²) in [6, 6.07) is 0.172. The quantitative estimate of drug-likeness (QED) is 0.634. The number of rotatable bonds is 6. The minimum Gasteiger partial charge on any atom is -0.350 e. The highest BCUT2D eigenvalue weighted by atomic mass is 16.2. The Hall–Kier alpha value is -0.830. The standard InChI is InChI=1S/C11H22N2O/c1-6-9(3)12-8-10(14)13-11(4,5)7-2/h6,9,12H,1,7-8H2,2-5H3,(H,13,14). The highest BCUT2D eigenvalue weighted by Crippen LogP contribution is 2.05. The van der Waals surface area contributed by atoms with E-state index >= 15 is 0 Å². The Labute approximate surface area is 87.0 Å². The van der Waals surface area contributed by atoms with Crippen LogP contribution < -0.4 is 10.6 Å².